The van der Waals surface area contributed by atoms with Crippen molar-refractivity contribution in [3.8, 4) is 0 Å². The zero-order chi connectivity index (χ0) is 12.4. The molecule has 2 rings (SSSR count). The molecular formula is C10H6Cl2FN3O. The second-order valence-electron chi connectivity index (χ2n) is 3.19. The number of benzene rings is 1. The summed E-state index contributed by atoms with van der Waals surface area (Å²) in [7, 11) is 0. The number of amides is 1. The lowest BCUT2D eigenvalue weighted by molar-refractivity contribution is 0.102. The number of nitrogens with zero attached hydrogens (tertiary/aromatic N) is 1. The number of nitrogens with one attached hydrogen (secondary N) is 2. The first-order valence-electron chi connectivity index (χ1n) is 4.52. The van der Waals surface area contributed by atoms with E-state index in [0.29, 0.717) is 5.69 Å². The zero-order valence-corrected chi connectivity index (χ0v) is 9.81. The Kier molecular flexibility index (Phi) is 3.31. The fourth-order valence-corrected chi connectivity index (χ4v) is 1.68. The number of carbonyl (C=O) groups excluding carboxylic acids is 1. The van der Waals surface area contributed by atoms with E-state index in [-0.39, 0.29) is 15.6 Å². The van der Waals surface area contributed by atoms with Crippen LogP contribution in [0.5, 0.6) is 0 Å². The van der Waals surface area contributed by atoms with E-state index in [2.05, 4.69) is 15.5 Å². The topological polar surface area (TPSA) is 57.8 Å². The molecule has 2 N–H and O–H groups in total. The fraction of sp³-hybridized carbons (Fsp3) is 0. The molecule has 88 valence electrons. The van der Waals surface area contributed by atoms with Gasteiger partial charge in [-0.15, -0.1) is 0 Å². The molecule has 0 radical (unpaired) electrons. The van der Waals surface area contributed by atoms with Crippen molar-refractivity contribution >= 4 is 34.8 Å². The van der Waals surface area contributed by atoms with Crippen LogP contribution in [0.3, 0.4) is 0 Å². The Morgan fingerprint density at radius 1 is 1.35 bits per heavy atom. The predicted octanol–water partition coefficient (Wildman–Crippen LogP) is 3.11. The molecule has 0 bridgehead atoms. The van der Waals surface area contributed by atoms with Crippen molar-refractivity contribution in [2.75, 3.05) is 5.32 Å². The largest absolute Gasteiger partial charge is 0.319 e. The molecule has 0 saturated carbocycles. The van der Waals surface area contributed by atoms with Crippen molar-refractivity contribution < 1.29 is 9.18 Å². The Hall–Kier alpha value is -1.59. The third kappa shape index (κ3) is 2.57. The van der Waals surface area contributed by atoms with E-state index in [0.717, 1.165) is 6.07 Å². The molecule has 0 saturated heterocycles. The van der Waals surface area contributed by atoms with Gasteiger partial charge in [0.25, 0.3) is 5.91 Å². The summed E-state index contributed by atoms with van der Waals surface area (Å²) in [5.74, 6) is -1.24. The Labute approximate surface area is 106 Å². The summed E-state index contributed by atoms with van der Waals surface area (Å²) < 4.78 is 13.2. The summed E-state index contributed by atoms with van der Waals surface area (Å²) in [5, 5.41) is 8.63. The third-order valence-electron chi connectivity index (χ3n) is 2.01. The Balaban J connectivity index is 2.28. The SMILES string of the molecule is O=C(Nc1cn[nH]c1)c1cc(F)c(Cl)cc1Cl. The van der Waals surface area contributed by atoms with Crippen LogP contribution in [-0.4, -0.2) is 16.1 Å². The van der Waals surface area contributed by atoms with Gasteiger partial charge in [-0.2, -0.15) is 5.10 Å². The van der Waals surface area contributed by atoms with Gasteiger partial charge in [0.2, 0.25) is 0 Å². The van der Waals surface area contributed by atoms with Crippen molar-refractivity contribution in [2.45, 2.75) is 0 Å². The number of anilines is 1. The fourth-order valence-electron chi connectivity index (χ4n) is 1.21. The van der Waals surface area contributed by atoms with Crippen LogP contribution in [0, 0.1) is 5.82 Å². The normalized spacial score (nSPS) is 10.3. The van der Waals surface area contributed by atoms with Gasteiger partial charge in [0.15, 0.2) is 0 Å². The van der Waals surface area contributed by atoms with Crippen LogP contribution >= 0.6 is 23.2 Å². The van der Waals surface area contributed by atoms with Crippen LogP contribution in [0.1, 0.15) is 10.4 Å². The lowest BCUT2D eigenvalue weighted by atomic mass is 10.2. The zero-order valence-electron chi connectivity index (χ0n) is 8.30. The molecular weight excluding hydrogens is 268 g/mol. The summed E-state index contributed by atoms with van der Waals surface area (Å²) >= 11 is 11.3. The number of hydrogen-bond acceptors (Lipinski definition) is 2. The number of aromatic nitrogens is 2. The average molecular weight is 274 g/mol. The van der Waals surface area contributed by atoms with Gasteiger partial charge in [0.1, 0.15) is 5.82 Å². The van der Waals surface area contributed by atoms with Crippen LogP contribution in [0.2, 0.25) is 10.0 Å². The van der Waals surface area contributed by atoms with Gasteiger partial charge in [0, 0.05) is 6.20 Å². The number of rotatable bonds is 2. The molecule has 0 aliphatic heterocycles. The van der Waals surface area contributed by atoms with Gasteiger partial charge in [-0.1, -0.05) is 23.2 Å². The molecule has 0 aliphatic rings. The molecule has 1 aromatic carbocycles. The van der Waals surface area contributed by atoms with Crippen LogP contribution in [-0.2, 0) is 0 Å². The molecule has 0 fully saturated rings. The Morgan fingerprint density at radius 3 is 2.76 bits per heavy atom. The van der Waals surface area contributed by atoms with Gasteiger partial charge in [-0.3, -0.25) is 9.89 Å². The summed E-state index contributed by atoms with van der Waals surface area (Å²) in [6.07, 6.45) is 2.90. The van der Waals surface area contributed by atoms with Crippen molar-refractivity contribution in [1.82, 2.24) is 10.2 Å². The summed E-state index contributed by atoms with van der Waals surface area (Å²) in [6, 6.07) is 2.17. The van der Waals surface area contributed by atoms with Crippen LogP contribution in [0.15, 0.2) is 24.5 Å². The molecule has 0 unspecified atom stereocenters. The molecule has 2 aromatic rings. The quantitative estimate of drug-likeness (QED) is 0.826. The maximum absolute atomic E-state index is 13.2. The summed E-state index contributed by atoms with van der Waals surface area (Å²) in [4.78, 5) is 11.7. The molecule has 1 aromatic heterocycles. The molecule has 0 spiro atoms. The van der Waals surface area contributed by atoms with E-state index < -0.39 is 11.7 Å². The molecule has 0 aliphatic carbocycles. The van der Waals surface area contributed by atoms with E-state index in [1.807, 2.05) is 0 Å². The Bertz CT molecular complexity index is 557. The smallest absolute Gasteiger partial charge is 0.257 e. The van der Waals surface area contributed by atoms with Gasteiger partial charge >= 0.3 is 0 Å². The maximum Gasteiger partial charge on any atom is 0.257 e. The van der Waals surface area contributed by atoms with Gasteiger partial charge < -0.3 is 5.32 Å². The molecule has 7 heteroatoms. The molecule has 1 heterocycles. The number of aromatic amines is 1. The number of hydrogen-bond donors (Lipinski definition) is 2. The number of carbonyl (C=O) groups is 1. The van der Waals surface area contributed by atoms with Crippen molar-refractivity contribution in [3.63, 3.8) is 0 Å². The maximum atomic E-state index is 13.2. The van der Waals surface area contributed by atoms with Crippen LogP contribution < -0.4 is 5.32 Å². The van der Waals surface area contributed by atoms with Gasteiger partial charge in [-0.05, 0) is 12.1 Å². The summed E-state index contributed by atoms with van der Waals surface area (Å²) in [5.41, 5.74) is 0.469. The highest BCUT2D eigenvalue weighted by Crippen LogP contribution is 2.24. The lowest BCUT2D eigenvalue weighted by Gasteiger charge is -2.05. The van der Waals surface area contributed by atoms with E-state index in [1.54, 1.807) is 0 Å². The standard InChI is InChI=1S/C10H6Cl2FN3O/c11-7-2-8(12)9(13)1-6(7)10(17)16-5-3-14-15-4-5/h1-4H,(H,14,15)(H,16,17). The highest BCUT2D eigenvalue weighted by molar-refractivity contribution is 6.37. The van der Waals surface area contributed by atoms with Gasteiger partial charge in [0.05, 0.1) is 27.5 Å². The minimum Gasteiger partial charge on any atom is -0.319 e. The first-order valence-corrected chi connectivity index (χ1v) is 5.28. The van der Waals surface area contributed by atoms with E-state index in [1.165, 1.54) is 18.5 Å². The number of H-pyrrole nitrogens is 1. The monoisotopic (exact) mass is 273 g/mol. The van der Waals surface area contributed by atoms with Crippen LogP contribution in [0.25, 0.3) is 0 Å². The minimum atomic E-state index is -0.701. The second-order valence-corrected chi connectivity index (χ2v) is 4.00. The number of halogens is 3. The highest BCUT2D eigenvalue weighted by Gasteiger charge is 2.14. The minimum absolute atomic E-state index is 0.00904. The second kappa shape index (κ2) is 4.73. The Morgan fingerprint density at radius 2 is 2.12 bits per heavy atom. The van der Waals surface area contributed by atoms with Crippen molar-refractivity contribution in [3.05, 3.63) is 46.0 Å². The third-order valence-corrected chi connectivity index (χ3v) is 2.61. The molecule has 17 heavy (non-hydrogen) atoms. The highest BCUT2D eigenvalue weighted by atomic mass is 35.5. The first-order chi connectivity index (χ1) is 8.08. The molecule has 0 atom stereocenters. The average Bonchev–Trinajstić information content (AvgIpc) is 2.76. The molecule has 1 amide bonds. The van der Waals surface area contributed by atoms with Crippen molar-refractivity contribution in [2.24, 2.45) is 0 Å². The van der Waals surface area contributed by atoms with E-state index >= 15 is 0 Å². The lowest BCUT2D eigenvalue weighted by Crippen LogP contribution is -2.12. The van der Waals surface area contributed by atoms with Gasteiger partial charge in [-0.25, -0.2) is 4.39 Å². The van der Waals surface area contributed by atoms with Crippen molar-refractivity contribution in [1.29, 1.82) is 0 Å². The first kappa shape index (κ1) is 11.9. The van der Waals surface area contributed by atoms with Crippen LogP contribution in [0.4, 0.5) is 10.1 Å². The van der Waals surface area contributed by atoms with E-state index in [9.17, 15) is 9.18 Å². The predicted molar refractivity (Wildman–Crippen MR) is 63.0 cm³/mol. The van der Waals surface area contributed by atoms with E-state index in [4.69, 9.17) is 23.2 Å². The molecule has 4 nitrogen and oxygen atoms in total. The summed E-state index contributed by atoms with van der Waals surface area (Å²) in [6.45, 7) is 0.